The Kier molecular flexibility index (Phi) is 3.11. The summed E-state index contributed by atoms with van der Waals surface area (Å²) < 4.78 is 10.4. The zero-order valence-electron chi connectivity index (χ0n) is 11.0. The normalized spacial score (nSPS) is 28.1. The van der Waals surface area contributed by atoms with E-state index in [0.29, 0.717) is 13.2 Å². The molecule has 0 aromatic rings. The van der Waals surface area contributed by atoms with Crippen molar-refractivity contribution in [2.24, 2.45) is 0 Å². The summed E-state index contributed by atoms with van der Waals surface area (Å²) in [6.07, 6.45) is 0. The van der Waals surface area contributed by atoms with Crippen LogP contribution in [0.2, 0.25) is 0 Å². The molecule has 2 aliphatic heterocycles. The van der Waals surface area contributed by atoms with Gasteiger partial charge in [-0.05, 0) is 13.8 Å². The number of carbonyl (C=O) groups excluding carboxylic acids is 2. The molecule has 108 valence electrons. The summed E-state index contributed by atoms with van der Waals surface area (Å²) in [7, 11) is 0. The summed E-state index contributed by atoms with van der Waals surface area (Å²) in [5, 5.41) is 0. The molecule has 2 heterocycles. The van der Waals surface area contributed by atoms with Crippen LogP contribution in [0.25, 0.3) is 0 Å². The zero-order chi connectivity index (χ0) is 14.3. The summed E-state index contributed by atoms with van der Waals surface area (Å²) in [6.45, 7) is 4.18. The number of fused-ring (bicyclic) bond motifs is 2. The van der Waals surface area contributed by atoms with Gasteiger partial charge in [0.05, 0.1) is 13.2 Å². The van der Waals surface area contributed by atoms with Crippen molar-refractivity contribution >= 4 is 11.6 Å². The minimum absolute atomic E-state index is 0.0431. The second-order valence-electron chi connectivity index (χ2n) is 4.30. The number of hydroxylamine groups is 2. The fraction of sp³-hybridized carbons (Fsp3) is 0.500. The Morgan fingerprint density at radius 3 is 1.65 bits per heavy atom. The third kappa shape index (κ3) is 1.69. The lowest BCUT2D eigenvalue weighted by Crippen LogP contribution is -2.50. The monoisotopic (exact) mass is 282 g/mol. The van der Waals surface area contributed by atoms with Crippen molar-refractivity contribution < 1.29 is 28.7 Å². The Hall–Kier alpha value is -2.06. The molecule has 0 radical (unpaired) electrons. The molecular formula is C12H14N2O6. The van der Waals surface area contributed by atoms with Gasteiger partial charge >= 0.3 is 11.9 Å². The van der Waals surface area contributed by atoms with Crippen molar-refractivity contribution in [3.05, 3.63) is 23.0 Å². The summed E-state index contributed by atoms with van der Waals surface area (Å²) in [6, 6.07) is -1.76. The molecule has 0 spiro atoms. The number of ketones is 2. The van der Waals surface area contributed by atoms with Gasteiger partial charge < -0.3 is 19.1 Å². The molecule has 0 bridgehead atoms. The van der Waals surface area contributed by atoms with Crippen molar-refractivity contribution in [3.63, 3.8) is 0 Å². The van der Waals surface area contributed by atoms with Crippen LogP contribution in [0.3, 0.4) is 0 Å². The van der Waals surface area contributed by atoms with E-state index in [1.54, 1.807) is 13.8 Å². The maximum atomic E-state index is 12.4. The minimum Gasteiger partial charge on any atom is -0.464 e. The lowest BCUT2D eigenvalue weighted by atomic mass is 9.82. The van der Waals surface area contributed by atoms with E-state index in [2.05, 4.69) is 11.0 Å². The van der Waals surface area contributed by atoms with Crippen molar-refractivity contribution in [1.82, 2.24) is 11.0 Å². The van der Waals surface area contributed by atoms with E-state index in [1.807, 2.05) is 0 Å². The van der Waals surface area contributed by atoms with Gasteiger partial charge in [-0.3, -0.25) is 9.59 Å². The van der Waals surface area contributed by atoms with E-state index in [-0.39, 0.29) is 34.6 Å². The smallest absolute Gasteiger partial charge is 0.308 e. The topological polar surface area (TPSA) is 95.1 Å². The molecule has 3 rings (SSSR count). The van der Waals surface area contributed by atoms with Gasteiger partial charge in [-0.1, -0.05) is 0 Å². The molecule has 0 aromatic heterocycles. The Morgan fingerprint density at radius 1 is 0.900 bits per heavy atom. The fourth-order valence-corrected chi connectivity index (χ4v) is 2.33. The highest BCUT2D eigenvalue weighted by molar-refractivity contribution is 6.21. The van der Waals surface area contributed by atoms with Crippen molar-refractivity contribution in [2.75, 3.05) is 13.2 Å². The lowest BCUT2D eigenvalue weighted by Gasteiger charge is -2.21. The van der Waals surface area contributed by atoms with Gasteiger partial charge in [0.25, 0.3) is 0 Å². The Morgan fingerprint density at radius 2 is 1.30 bits per heavy atom. The first-order valence-corrected chi connectivity index (χ1v) is 6.36. The van der Waals surface area contributed by atoms with E-state index in [1.165, 1.54) is 0 Å². The van der Waals surface area contributed by atoms with E-state index in [4.69, 9.17) is 19.1 Å². The maximum Gasteiger partial charge on any atom is 0.308 e. The quantitative estimate of drug-likeness (QED) is 0.708. The minimum atomic E-state index is -0.880. The molecule has 0 amide bonds. The number of hydrogen-bond acceptors (Lipinski definition) is 8. The van der Waals surface area contributed by atoms with Gasteiger partial charge in [0.2, 0.25) is 0 Å². The number of Topliss-reactive ketones (excluding diaryl/α,β-unsaturated/α-hetero) is 2. The zero-order valence-corrected chi connectivity index (χ0v) is 11.0. The largest absolute Gasteiger partial charge is 0.464 e. The molecule has 2 unspecified atom stereocenters. The first-order chi connectivity index (χ1) is 9.69. The van der Waals surface area contributed by atoms with Gasteiger partial charge in [-0.15, -0.1) is 11.0 Å². The van der Waals surface area contributed by atoms with Crippen LogP contribution in [-0.2, 0) is 28.7 Å². The van der Waals surface area contributed by atoms with Crippen molar-refractivity contribution in [1.29, 1.82) is 0 Å². The van der Waals surface area contributed by atoms with Crippen LogP contribution in [0.15, 0.2) is 23.0 Å². The van der Waals surface area contributed by atoms with Crippen LogP contribution in [0.1, 0.15) is 13.8 Å². The molecule has 2 atom stereocenters. The van der Waals surface area contributed by atoms with Crippen molar-refractivity contribution in [3.8, 4) is 0 Å². The molecule has 1 fully saturated rings. The lowest BCUT2D eigenvalue weighted by molar-refractivity contribution is -0.126. The SMILES string of the molecule is CCOC1=C2C(=O)C3NOC(OCC)=C3C(=O)C2NO1. The molecule has 0 aromatic carbocycles. The van der Waals surface area contributed by atoms with Crippen LogP contribution >= 0.6 is 0 Å². The van der Waals surface area contributed by atoms with Crippen LogP contribution in [0.4, 0.5) is 0 Å². The number of ether oxygens (including phenoxy) is 2. The van der Waals surface area contributed by atoms with Gasteiger partial charge in [0.1, 0.15) is 23.2 Å². The predicted molar refractivity (Wildman–Crippen MR) is 63.3 cm³/mol. The van der Waals surface area contributed by atoms with E-state index in [0.717, 1.165) is 0 Å². The molecule has 8 heteroatoms. The summed E-state index contributed by atoms with van der Waals surface area (Å²) in [4.78, 5) is 35.0. The third-order valence-electron chi connectivity index (χ3n) is 3.16. The van der Waals surface area contributed by atoms with Crippen LogP contribution in [-0.4, -0.2) is 36.9 Å². The summed E-state index contributed by atoms with van der Waals surface area (Å²) >= 11 is 0. The molecule has 1 aliphatic carbocycles. The average molecular weight is 282 g/mol. The molecule has 8 nitrogen and oxygen atoms in total. The molecule has 2 N–H and O–H groups in total. The number of nitrogens with one attached hydrogen (secondary N) is 2. The fourth-order valence-electron chi connectivity index (χ4n) is 2.33. The maximum absolute atomic E-state index is 12.4. The van der Waals surface area contributed by atoms with Gasteiger partial charge in [-0.25, -0.2) is 0 Å². The van der Waals surface area contributed by atoms with Crippen LogP contribution in [0.5, 0.6) is 0 Å². The van der Waals surface area contributed by atoms with E-state index >= 15 is 0 Å². The third-order valence-corrected chi connectivity index (χ3v) is 3.16. The molecule has 0 saturated heterocycles. The number of hydrogen-bond donors (Lipinski definition) is 2. The predicted octanol–water partition coefficient (Wildman–Crippen LogP) is -0.559. The standard InChI is InChI=1S/C12H14N2O6/c1-3-17-11-5-7(13-19-11)10(16)6-8(9(5)15)14-20-12(6)18-4-2/h7-8,13-14H,3-4H2,1-2H3. The molecule has 3 aliphatic rings. The highest BCUT2D eigenvalue weighted by atomic mass is 16.8. The second-order valence-corrected chi connectivity index (χ2v) is 4.30. The van der Waals surface area contributed by atoms with Gasteiger partial charge in [-0.2, -0.15) is 0 Å². The van der Waals surface area contributed by atoms with Crippen molar-refractivity contribution in [2.45, 2.75) is 25.9 Å². The first kappa shape index (κ1) is 12.9. The first-order valence-electron chi connectivity index (χ1n) is 6.36. The average Bonchev–Trinajstić information content (AvgIpc) is 3.02. The summed E-state index contributed by atoms with van der Waals surface area (Å²) in [5.74, 6) is -0.566. The second kappa shape index (κ2) is 4.80. The summed E-state index contributed by atoms with van der Waals surface area (Å²) in [5.41, 5.74) is 5.37. The number of rotatable bonds is 4. The van der Waals surface area contributed by atoms with E-state index in [9.17, 15) is 9.59 Å². The van der Waals surface area contributed by atoms with Gasteiger partial charge in [0.15, 0.2) is 11.6 Å². The highest BCUT2D eigenvalue weighted by Gasteiger charge is 2.54. The molecule has 20 heavy (non-hydrogen) atoms. The van der Waals surface area contributed by atoms with Crippen LogP contribution < -0.4 is 11.0 Å². The highest BCUT2D eigenvalue weighted by Crippen LogP contribution is 2.34. The molecule has 1 saturated carbocycles. The molecular weight excluding hydrogens is 268 g/mol. The van der Waals surface area contributed by atoms with Gasteiger partial charge in [0, 0.05) is 0 Å². The van der Waals surface area contributed by atoms with E-state index < -0.39 is 12.1 Å². The Labute approximate surface area is 114 Å². The Balaban J connectivity index is 2.01. The number of carbonyl (C=O) groups is 2. The Bertz CT molecular complexity index is 490. The van der Waals surface area contributed by atoms with Crippen LogP contribution in [0, 0.1) is 0 Å².